The van der Waals surface area contributed by atoms with Crippen molar-refractivity contribution in [3.05, 3.63) is 29.3 Å². The number of rotatable bonds is 5. The fourth-order valence-corrected chi connectivity index (χ4v) is 5.74. The van der Waals surface area contributed by atoms with E-state index in [1.54, 1.807) is 14.2 Å². The van der Waals surface area contributed by atoms with Crippen molar-refractivity contribution in [2.24, 2.45) is 22.1 Å². The van der Waals surface area contributed by atoms with Crippen LogP contribution in [0.4, 0.5) is 0 Å². The van der Waals surface area contributed by atoms with E-state index in [-0.39, 0.29) is 17.4 Å². The fourth-order valence-electron chi connectivity index (χ4n) is 5.74. The second kappa shape index (κ2) is 6.73. The van der Waals surface area contributed by atoms with E-state index in [1.165, 1.54) is 23.3 Å². The Labute approximate surface area is 172 Å². The van der Waals surface area contributed by atoms with Gasteiger partial charge in [-0.25, -0.2) is 4.99 Å². The number of carbonyl (C=O) groups excluding carboxylic acids is 1. The largest absolute Gasteiger partial charge is 0.494 e. The topological polar surface area (TPSA) is 77.2 Å². The van der Waals surface area contributed by atoms with Crippen LogP contribution in [0.1, 0.15) is 56.1 Å². The summed E-state index contributed by atoms with van der Waals surface area (Å²) >= 11 is 0. The van der Waals surface area contributed by atoms with Crippen molar-refractivity contribution in [2.75, 3.05) is 20.8 Å². The zero-order valence-corrected chi connectivity index (χ0v) is 17.4. The van der Waals surface area contributed by atoms with Crippen LogP contribution in [0.25, 0.3) is 0 Å². The number of ether oxygens (including phenoxy) is 2. The van der Waals surface area contributed by atoms with Gasteiger partial charge < -0.3 is 15.2 Å². The molecule has 2 fully saturated rings. The lowest BCUT2D eigenvalue weighted by Gasteiger charge is -2.45. The lowest BCUT2D eigenvalue weighted by Crippen LogP contribution is -2.51. The van der Waals surface area contributed by atoms with Gasteiger partial charge in [0.05, 0.1) is 12.7 Å². The molecule has 3 aliphatic carbocycles. The Morgan fingerprint density at radius 2 is 2.00 bits per heavy atom. The van der Waals surface area contributed by atoms with Gasteiger partial charge in [-0.05, 0) is 67.7 Å². The van der Waals surface area contributed by atoms with E-state index in [0.29, 0.717) is 5.96 Å². The zero-order chi connectivity index (χ0) is 20.2. The number of likely N-dealkylation sites (N-methyl/N-ethyl adjacent to an activating group) is 1. The molecule has 6 nitrogen and oxygen atoms in total. The molecule has 156 valence electrons. The lowest BCUT2D eigenvalue weighted by atomic mass is 9.61. The van der Waals surface area contributed by atoms with Gasteiger partial charge in [0.25, 0.3) is 5.91 Å². The molecule has 1 heterocycles. The van der Waals surface area contributed by atoms with Gasteiger partial charge in [-0.1, -0.05) is 18.9 Å². The summed E-state index contributed by atoms with van der Waals surface area (Å²) in [4.78, 5) is 20.0. The van der Waals surface area contributed by atoms with Crippen LogP contribution in [0, 0.1) is 11.3 Å². The summed E-state index contributed by atoms with van der Waals surface area (Å²) in [6, 6.07) is 6.25. The highest BCUT2D eigenvalue weighted by molar-refractivity contribution is 6.08. The Kier molecular flexibility index (Phi) is 4.39. The third-order valence-corrected chi connectivity index (χ3v) is 7.72. The van der Waals surface area contributed by atoms with Gasteiger partial charge in [0.15, 0.2) is 11.5 Å². The maximum absolute atomic E-state index is 13.6. The van der Waals surface area contributed by atoms with Gasteiger partial charge in [0, 0.05) is 19.6 Å². The second-order valence-corrected chi connectivity index (χ2v) is 9.34. The maximum Gasteiger partial charge on any atom is 0.262 e. The summed E-state index contributed by atoms with van der Waals surface area (Å²) < 4.78 is 11.7. The number of guanidine groups is 1. The molecule has 0 aromatic heterocycles. The van der Waals surface area contributed by atoms with E-state index in [1.807, 2.05) is 0 Å². The van der Waals surface area contributed by atoms with Crippen molar-refractivity contribution in [1.82, 2.24) is 4.90 Å². The highest BCUT2D eigenvalue weighted by Crippen LogP contribution is 2.62. The van der Waals surface area contributed by atoms with Crippen LogP contribution in [-0.4, -0.2) is 43.6 Å². The molecule has 1 amide bonds. The van der Waals surface area contributed by atoms with Crippen LogP contribution in [0.3, 0.4) is 0 Å². The van der Waals surface area contributed by atoms with Crippen LogP contribution in [0.2, 0.25) is 0 Å². The van der Waals surface area contributed by atoms with Crippen molar-refractivity contribution >= 4 is 11.9 Å². The molecule has 29 heavy (non-hydrogen) atoms. The van der Waals surface area contributed by atoms with Crippen LogP contribution < -0.4 is 10.5 Å². The maximum atomic E-state index is 13.6. The van der Waals surface area contributed by atoms with E-state index in [0.717, 1.165) is 62.4 Å². The minimum Gasteiger partial charge on any atom is -0.494 e. The van der Waals surface area contributed by atoms with Crippen molar-refractivity contribution in [2.45, 2.75) is 63.0 Å². The van der Waals surface area contributed by atoms with Gasteiger partial charge in [-0.3, -0.25) is 9.69 Å². The molecule has 1 unspecified atom stereocenters. The van der Waals surface area contributed by atoms with Gasteiger partial charge in [-0.2, -0.15) is 0 Å². The molecule has 1 atom stereocenters. The van der Waals surface area contributed by atoms with E-state index in [2.05, 4.69) is 18.2 Å². The summed E-state index contributed by atoms with van der Waals surface area (Å²) in [5.74, 6) is 1.99. The zero-order valence-electron chi connectivity index (χ0n) is 17.4. The smallest absolute Gasteiger partial charge is 0.262 e. The Bertz CT molecular complexity index is 855. The summed E-state index contributed by atoms with van der Waals surface area (Å²) in [7, 11) is 3.51. The number of methoxy groups -OCH3 is 1. The summed E-state index contributed by atoms with van der Waals surface area (Å²) in [6.45, 7) is 0.733. The van der Waals surface area contributed by atoms with E-state index < -0.39 is 5.54 Å². The minimum atomic E-state index is -0.921. The molecule has 1 aliphatic heterocycles. The van der Waals surface area contributed by atoms with Crippen molar-refractivity contribution < 1.29 is 14.3 Å². The Morgan fingerprint density at radius 3 is 2.62 bits per heavy atom. The molecule has 2 spiro atoms. The highest BCUT2D eigenvalue weighted by atomic mass is 16.5. The third-order valence-electron chi connectivity index (χ3n) is 7.72. The molecule has 1 aromatic rings. The molecule has 6 heteroatoms. The van der Waals surface area contributed by atoms with E-state index >= 15 is 0 Å². The van der Waals surface area contributed by atoms with Gasteiger partial charge in [0.2, 0.25) is 0 Å². The quantitative estimate of drug-likeness (QED) is 0.829. The minimum absolute atomic E-state index is 0.000234. The average Bonchev–Trinajstić information content (AvgIpc) is 3.48. The molecule has 1 aromatic carbocycles. The first-order chi connectivity index (χ1) is 14.0. The number of hydrogen-bond acceptors (Lipinski definition) is 5. The van der Waals surface area contributed by atoms with E-state index in [4.69, 9.17) is 20.2 Å². The first kappa shape index (κ1) is 18.9. The third kappa shape index (κ3) is 2.79. The second-order valence-electron chi connectivity index (χ2n) is 9.34. The fraction of sp³-hybridized carbons (Fsp3) is 0.652. The number of amides is 1. The summed E-state index contributed by atoms with van der Waals surface area (Å²) in [5, 5.41) is 0. The molecule has 0 radical (unpaired) electrons. The molecular formula is C23H31N3O3. The molecule has 4 aliphatic rings. The summed E-state index contributed by atoms with van der Waals surface area (Å²) in [6.07, 6.45) is 8.61. The molecular weight excluding hydrogens is 366 g/mol. The average molecular weight is 398 g/mol. The molecule has 0 saturated heterocycles. The number of benzene rings is 1. The monoisotopic (exact) mass is 397 g/mol. The van der Waals surface area contributed by atoms with Gasteiger partial charge in [0.1, 0.15) is 5.75 Å². The van der Waals surface area contributed by atoms with Gasteiger partial charge >= 0.3 is 0 Å². The first-order valence-electron chi connectivity index (χ1n) is 10.9. The van der Waals surface area contributed by atoms with Crippen LogP contribution in [0.15, 0.2) is 23.2 Å². The molecule has 0 bridgehead atoms. The highest BCUT2D eigenvalue weighted by Gasteiger charge is 2.66. The van der Waals surface area contributed by atoms with Crippen molar-refractivity contribution in [3.8, 4) is 5.75 Å². The molecule has 5 rings (SSSR count). The van der Waals surface area contributed by atoms with Crippen molar-refractivity contribution in [1.29, 1.82) is 0 Å². The van der Waals surface area contributed by atoms with Crippen LogP contribution in [-0.2, 0) is 21.5 Å². The normalized spacial score (nSPS) is 33.4. The standard InChI is InChI=1S/C23H31N3O3/c1-26-20(27)23(25-21(26)24)19-13-18(29-12-9-15-3-4-15)6-5-16(19)14-22(23)10-7-17(28-2)8-11-22/h5-6,13,15,17H,3-4,7-12,14H2,1-2H3,(H2,24,25). The summed E-state index contributed by atoms with van der Waals surface area (Å²) in [5.41, 5.74) is 7.23. The Balaban J connectivity index is 1.52. The predicted octanol–water partition coefficient (Wildman–Crippen LogP) is 2.98. The molecule has 2 saturated carbocycles. The van der Waals surface area contributed by atoms with E-state index in [9.17, 15) is 4.79 Å². The number of nitrogens with zero attached hydrogens (tertiary/aromatic N) is 2. The Morgan fingerprint density at radius 1 is 1.24 bits per heavy atom. The number of aliphatic imine (C=N–C) groups is 1. The lowest BCUT2D eigenvalue weighted by molar-refractivity contribution is -0.137. The number of hydrogen-bond donors (Lipinski definition) is 1. The van der Waals surface area contributed by atoms with Gasteiger partial charge in [-0.15, -0.1) is 0 Å². The Hall–Kier alpha value is -2.08. The van der Waals surface area contributed by atoms with Crippen molar-refractivity contribution in [3.63, 3.8) is 0 Å². The number of nitrogens with two attached hydrogens (primary N) is 1. The van der Waals surface area contributed by atoms with Crippen LogP contribution >= 0.6 is 0 Å². The molecule has 2 N–H and O–H groups in total. The predicted molar refractivity (Wildman–Crippen MR) is 111 cm³/mol. The number of fused-ring (bicyclic) bond motifs is 3. The SMILES string of the molecule is COC1CCC2(CC1)Cc1ccc(OCCC3CC3)cc1C21N=C(N)N(C)C1=O. The first-order valence-corrected chi connectivity index (χ1v) is 10.9. The van der Waals surface area contributed by atoms with Crippen LogP contribution in [0.5, 0.6) is 5.75 Å². The number of carbonyl (C=O) groups is 1.